The molecule has 0 unspecified atom stereocenters. The molecule has 2 aliphatic carbocycles. The van der Waals surface area contributed by atoms with Gasteiger partial charge >= 0.3 is 6.09 Å². The number of aromatic nitrogens is 1. The molecule has 0 atom stereocenters. The van der Waals surface area contributed by atoms with Gasteiger partial charge in [0.15, 0.2) is 6.29 Å². The normalized spacial score (nSPS) is 18.4. The first-order valence-electron chi connectivity index (χ1n) is 12.7. The van der Waals surface area contributed by atoms with Crippen molar-refractivity contribution in [3.8, 4) is 23.1 Å². The molecule has 3 aliphatic rings. The first kappa shape index (κ1) is 22.9. The predicted octanol–water partition coefficient (Wildman–Crippen LogP) is 5.76. The summed E-state index contributed by atoms with van der Waals surface area (Å²) in [7, 11) is 0. The van der Waals surface area contributed by atoms with Gasteiger partial charge in [0.05, 0.1) is 30.0 Å². The smallest absolute Gasteiger partial charge is 0.411 e. The van der Waals surface area contributed by atoms with Crippen LogP contribution in [-0.4, -0.2) is 42.9 Å². The Morgan fingerprint density at radius 1 is 1.06 bits per heavy atom. The quantitative estimate of drug-likeness (QED) is 0.455. The molecule has 1 amide bonds. The van der Waals surface area contributed by atoms with Crippen LogP contribution in [0.4, 0.5) is 10.5 Å². The first-order valence-corrected chi connectivity index (χ1v) is 12.7. The number of carbonyl (C=O) groups excluding carboxylic acids is 1. The molecular weight excluding hydrogens is 458 g/mol. The summed E-state index contributed by atoms with van der Waals surface area (Å²) >= 11 is 0. The van der Waals surface area contributed by atoms with E-state index in [-0.39, 0.29) is 12.4 Å². The van der Waals surface area contributed by atoms with Gasteiger partial charge in [-0.25, -0.2) is 4.79 Å². The van der Waals surface area contributed by atoms with Crippen molar-refractivity contribution in [3.05, 3.63) is 48.0 Å². The third kappa shape index (κ3) is 4.41. The van der Waals surface area contributed by atoms with E-state index < -0.39 is 6.09 Å². The van der Waals surface area contributed by atoms with Gasteiger partial charge in [-0.2, -0.15) is 5.26 Å². The lowest BCUT2D eigenvalue weighted by Gasteiger charge is -2.30. The van der Waals surface area contributed by atoms with Crippen LogP contribution in [0.1, 0.15) is 50.1 Å². The second kappa shape index (κ2) is 9.84. The molecule has 1 aromatic heterocycles. The van der Waals surface area contributed by atoms with Gasteiger partial charge in [0.1, 0.15) is 24.5 Å². The average molecular weight is 488 g/mol. The molecule has 2 heterocycles. The van der Waals surface area contributed by atoms with Crippen molar-refractivity contribution in [1.29, 1.82) is 5.26 Å². The lowest BCUT2D eigenvalue weighted by atomic mass is 9.92. The molecule has 0 bridgehead atoms. The van der Waals surface area contributed by atoms with Gasteiger partial charge in [-0.15, -0.1) is 0 Å². The van der Waals surface area contributed by atoms with Crippen molar-refractivity contribution in [2.75, 3.05) is 25.1 Å². The van der Waals surface area contributed by atoms with Gasteiger partial charge in [0.2, 0.25) is 0 Å². The van der Waals surface area contributed by atoms with Crippen LogP contribution in [-0.2, 0) is 14.2 Å². The summed E-state index contributed by atoms with van der Waals surface area (Å²) in [6.45, 7) is 1.50. The summed E-state index contributed by atoms with van der Waals surface area (Å²) in [4.78, 5) is 12.1. The maximum Gasteiger partial charge on any atom is 0.411 e. The molecular formula is C28H29N3O5. The van der Waals surface area contributed by atoms with E-state index in [1.54, 1.807) is 0 Å². The molecule has 3 aromatic rings. The largest absolute Gasteiger partial charge is 0.488 e. The lowest BCUT2D eigenvalue weighted by molar-refractivity contribution is -0.0683. The summed E-state index contributed by atoms with van der Waals surface area (Å²) in [6.07, 6.45) is 5.56. The highest BCUT2D eigenvalue weighted by atomic mass is 16.7. The summed E-state index contributed by atoms with van der Waals surface area (Å²) in [6, 6.07) is 16.3. The van der Waals surface area contributed by atoms with Crippen molar-refractivity contribution in [1.82, 2.24) is 4.57 Å². The number of nitrogens with one attached hydrogen (secondary N) is 1. The minimum absolute atomic E-state index is 0.0349. The summed E-state index contributed by atoms with van der Waals surface area (Å²) in [5.74, 6) is 0.722. The Labute approximate surface area is 209 Å². The fourth-order valence-electron chi connectivity index (χ4n) is 4.97. The summed E-state index contributed by atoms with van der Waals surface area (Å²) < 4.78 is 24.6. The maximum absolute atomic E-state index is 12.1. The zero-order valence-corrected chi connectivity index (χ0v) is 20.1. The zero-order chi connectivity index (χ0) is 24.5. The minimum atomic E-state index is -0.422. The highest BCUT2D eigenvalue weighted by Crippen LogP contribution is 2.43. The molecule has 1 aliphatic heterocycles. The number of hydrogen-bond acceptors (Lipinski definition) is 6. The molecule has 1 N–H and O–H groups in total. The van der Waals surface area contributed by atoms with E-state index in [0.29, 0.717) is 37.1 Å². The Morgan fingerprint density at radius 2 is 1.81 bits per heavy atom. The van der Waals surface area contributed by atoms with Crippen molar-refractivity contribution >= 4 is 22.7 Å². The summed E-state index contributed by atoms with van der Waals surface area (Å²) in [5, 5.41) is 13.9. The Balaban J connectivity index is 1.30. The molecule has 186 valence electrons. The number of nitriles is 1. The second-order valence-corrected chi connectivity index (χ2v) is 9.61. The molecule has 0 spiro atoms. The number of amides is 1. The van der Waals surface area contributed by atoms with Gasteiger partial charge in [-0.05, 0) is 68.4 Å². The van der Waals surface area contributed by atoms with Crippen molar-refractivity contribution in [2.24, 2.45) is 0 Å². The second-order valence-electron chi connectivity index (χ2n) is 9.61. The van der Waals surface area contributed by atoms with Gasteiger partial charge in [-0.3, -0.25) is 5.32 Å². The highest BCUT2D eigenvalue weighted by molar-refractivity contribution is 5.96. The van der Waals surface area contributed by atoms with E-state index in [2.05, 4.69) is 16.0 Å². The molecule has 0 radical (unpaired) electrons. The van der Waals surface area contributed by atoms with E-state index in [4.69, 9.17) is 18.9 Å². The number of carbonyl (C=O) groups is 1. The maximum atomic E-state index is 12.1. The third-order valence-electron chi connectivity index (χ3n) is 7.33. The minimum Gasteiger partial charge on any atom is -0.488 e. The predicted molar refractivity (Wildman–Crippen MR) is 134 cm³/mol. The first-order chi connectivity index (χ1) is 17.7. The van der Waals surface area contributed by atoms with Crippen molar-refractivity contribution < 1.29 is 23.7 Å². The third-order valence-corrected chi connectivity index (χ3v) is 7.33. The van der Waals surface area contributed by atoms with E-state index in [9.17, 15) is 10.1 Å². The van der Waals surface area contributed by atoms with Crippen LogP contribution in [0.3, 0.4) is 0 Å². The van der Waals surface area contributed by atoms with E-state index >= 15 is 0 Å². The molecule has 6 rings (SSSR count). The van der Waals surface area contributed by atoms with Crippen LogP contribution < -0.4 is 10.1 Å². The van der Waals surface area contributed by atoms with Gasteiger partial charge in [-0.1, -0.05) is 12.1 Å². The van der Waals surface area contributed by atoms with Gasteiger partial charge in [0.25, 0.3) is 0 Å². The molecule has 3 fully saturated rings. The Bertz CT molecular complexity index is 1300. The fraction of sp³-hybridized carbons (Fsp3) is 0.429. The number of nitrogens with zero attached hydrogens (tertiary/aromatic N) is 2. The zero-order valence-electron chi connectivity index (χ0n) is 20.1. The Kier molecular flexibility index (Phi) is 6.26. The average Bonchev–Trinajstić information content (AvgIpc) is 3.46. The number of fused-ring (bicyclic) bond motifs is 1. The topological polar surface area (TPSA) is 94.7 Å². The number of ether oxygens (including phenoxy) is 4. The van der Waals surface area contributed by atoms with Crippen LogP contribution in [0.25, 0.3) is 22.2 Å². The number of benzene rings is 2. The standard InChI is InChI=1S/C28H29N3O5/c29-16-24-23-12-11-22(35-17-26-33-13-14-34-26)15-25(23)31(20-3-1-4-20)27(24)18-7-9-19(10-8-18)30-28(32)36-21-5-2-6-21/h7-12,15,20-21,26H,1-6,13-14,17H2,(H,30,32). The number of rotatable bonds is 7. The monoisotopic (exact) mass is 487 g/mol. The van der Waals surface area contributed by atoms with Crippen LogP contribution in [0.15, 0.2) is 42.5 Å². The Morgan fingerprint density at radius 3 is 2.44 bits per heavy atom. The van der Waals surface area contributed by atoms with Crippen LogP contribution >= 0.6 is 0 Å². The Hall–Kier alpha value is -3.54. The highest BCUT2D eigenvalue weighted by Gasteiger charge is 2.28. The van der Waals surface area contributed by atoms with E-state index in [1.807, 2.05) is 42.5 Å². The SMILES string of the molecule is N#Cc1c(-c2ccc(NC(=O)OC3CCC3)cc2)n(C2CCC2)c2cc(OCC3OCCO3)ccc12. The van der Waals surface area contributed by atoms with Crippen LogP contribution in [0, 0.1) is 11.3 Å². The molecule has 8 heteroatoms. The lowest BCUT2D eigenvalue weighted by Crippen LogP contribution is -2.27. The molecule has 2 aromatic carbocycles. The number of hydrogen-bond donors (Lipinski definition) is 1. The molecule has 36 heavy (non-hydrogen) atoms. The van der Waals surface area contributed by atoms with Crippen LogP contribution in [0.2, 0.25) is 0 Å². The number of anilines is 1. The van der Waals surface area contributed by atoms with Gasteiger partial charge < -0.3 is 23.5 Å². The van der Waals surface area contributed by atoms with Crippen LogP contribution in [0.5, 0.6) is 5.75 Å². The van der Waals surface area contributed by atoms with E-state index in [1.165, 1.54) is 6.42 Å². The molecule has 2 saturated carbocycles. The fourth-order valence-corrected chi connectivity index (χ4v) is 4.97. The van der Waals surface area contributed by atoms with Gasteiger partial charge in [0, 0.05) is 23.2 Å². The summed E-state index contributed by atoms with van der Waals surface area (Å²) in [5.41, 5.74) is 4.14. The van der Waals surface area contributed by atoms with Crippen molar-refractivity contribution in [2.45, 2.75) is 57.0 Å². The molecule has 1 saturated heterocycles. The molecule has 8 nitrogen and oxygen atoms in total. The van der Waals surface area contributed by atoms with Crippen molar-refractivity contribution in [3.63, 3.8) is 0 Å². The van der Waals surface area contributed by atoms with E-state index in [0.717, 1.165) is 60.0 Å².